The van der Waals surface area contributed by atoms with Crippen LogP contribution in [0, 0.1) is 5.92 Å². The summed E-state index contributed by atoms with van der Waals surface area (Å²) in [7, 11) is 0. The second kappa shape index (κ2) is 30.0. The topological polar surface area (TPSA) is 94.8 Å². The van der Waals surface area contributed by atoms with Gasteiger partial charge in [-0.05, 0) is 38.5 Å². The van der Waals surface area contributed by atoms with Crippen molar-refractivity contribution >= 4 is 11.6 Å². The molecule has 1 unspecified atom stereocenters. The molecule has 5 heteroatoms. The van der Waals surface area contributed by atoms with Gasteiger partial charge in [-0.25, -0.2) is 0 Å². The summed E-state index contributed by atoms with van der Waals surface area (Å²) in [6.45, 7) is 2.77. The Morgan fingerprint density at radius 2 is 0.905 bits per heavy atom. The van der Waals surface area contributed by atoms with Gasteiger partial charge in [-0.15, -0.1) is 0 Å². The fourth-order valence-electron chi connectivity index (χ4n) is 5.70. The Morgan fingerprint density at radius 3 is 1.31 bits per heavy atom. The summed E-state index contributed by atoms with van der Waals surface area (Å²) in [5, 5.41) is 29.5. The Bertz CT molecular complexity index is 640. The maximum absolute atomic E-state index is 13.0. The van der Waals surface area contributed by atoms with E-state index >= 15 is 0 Å². The molecule has 0 aliphatic rings. The molecule has 0 heterocycles. The molecule has 0 saturated carbocycles. The van der Waals surface area contributed by atoms with Crippen LogP contribution in [0.5, 0.6) is 0 Å². The van der Waals surface area contributed by atoms with Crippen molar-refractivity contribution in [3.05, 3.63) is 12.2 Å². The lowest BCUT2D eigenvalue weighted by Crippen LogP contribution is -2.50. The van der Waals surface area contributed by atoms with Crippen LogP contribution >= 0.6 is 0 Å². The van der Waals surface area contributed by atoms with E-state index in [4.69, 9.17) is 0 Å². The maximum Gasteiger partial charge on any atom is 0.179 e. The number of ketones is 2. The van der Waals surface area contributed by atoms with Crippen LogP contribution in [-0.4, -0.2) is 45.7 Å². The van der Waals surface area contributed by atoms with E-state index in [-0.39, 0.29) is 5.78 Å². The predicted octanol–water partition coefficient (Wildman–Crippen LogP) is 9.59. The normalized spacial score (nSPS) is 12.8. The molecule has 0 rings (SSSR count). The van der Waals surface area contributed by atoms with Gasteiger partial charge >= 0.3 is 0 Å². The lowest BCUT2D eigenvalue weighted by molar-refractivity contribution is -0.154. The molecular formula is C37H70O5. The first-order valence-electron chi connectivity index (χ1n) is 18.1. The van der Waals surface area contributed by atoms with Gasteiger partial charge in [0, 0.05) is 6.42 Å². The minimum Gasteiger partial charge on any atom is -0.393 e. The Balaban J connectivity index is 4.21. The third-order valence-corrected chi connectivity index (χ3v) is 8.72. The number of carbonyl (C=O) groups is 2. The summed E-state index contributed by atoms with van der Waals surface area (Å²) in [6.07, 6.45) is 35.2. The van der Waals surface area contributed by atoms with Crippen LogP contribution in [0.2, 0.25) is 0 Å². The van der Waals surface area contributed by atoms with Gasteiger partial charge < -0.3 is 15.3 Å². The Labute approximate surface area is 260 Å². The molecule has 0 aromatic heterocycles. The van der Waals surface area contributed by atoms with Crippen molar-refractivity contribution in [1.29, 1.82) is 0 Å². The van der Waals surface area contributed by atoms with E-state index < -0.39 is 30.5 Å². The number of aliphatic hydroxyl groups excluding tert-OH is 2. The van der Waals surface area contributed by atoms with E-state index in [1.165, 1.54) is 103 Å². The second-order valence-electron chi connectivity index (χ2n) is 12.7. The van der Waals surface area contributed by atoms with E-state index in [0.717, 1.165) is 57.8 Å². The largest absolute Gasteiger partial charge is 0.393 e. The smallest absolute Gasteiger partial charge is 0.179 e. The van der Waals surface area contributed by atoms with Crippen molar-refractivity contribution in [2.45, 2.75) is 193 Å². The van der Waals surface area contributed by atoms with Gasteiger partial charge in [0.1, 0.15) is 5.78 Å². The number of allylic oxidation sites excluding steroid dienone is 2. The highest BCUT2D eigenvalue weighted by atomic mass is 16.4. The molecule has 0 spiro atoms. The van der Waals surface area contributed by atoms with Crippen molar-refractivity contribution in [2.24, 2.45) is 5.92 Å². The molecule has 0 aliphatic carbocycles. The van der Waals surface area contributed by atoms with Gasteiger partial charge in [0.25, 0.3) is 0 Å². The first-order chi connectivity index (χ1) is 20.5. The summed E-state index contributed by atoms with van der Waals surface area (Å²) in [5.41, 5.74) is -2.24. The summed E-state index contributed by atoms with van der Waals surface area (Å²) in [4.78, 5) is 26.0. The van der Waals surface area contributed by atoms with Crippen LogP contribution in [0.3, 0.4) is 0 Å². The number of carbonyl (C=O) groups excluding carboxylic acids is 2. The number of rotatable bonds is 33. The maximum atomic E-state index is 13.0. The minimum atomic E-state index is -2.24. The van der Waals surface area contributed by atoms with Crippen molar-refractivity contribution < 1.29 is 24.9 Å². The van der Waals surface area contributed by atoms with Crippen LogP contribution in [0.25, 0.3) is 0 Å². The standard InChI is InChI=1S/C37H70O5/c1-3-5-7-9-11-13-15-17-19-20-22-24-26-28-30-34(36(41)37(42,32-38)33-39)35(40)31-29-27-25-23-21-18-16-14-12-10-8-6-4-2/h17,19,34,38-39,42H,3-16,18,20-33H2,1-2H3/b19-17-. The van der Waals surface area contributed by atoms with Gasteiger partial charge in [-0.3, -0.25) is 9.59 Å². The highest BCUT2D eigenvalue weighted by Crippen LogP contribution is 2.23. The number of hydrogen-bond donors (Lipinski definition) is 3. The highest BCUT2D eigenvalue weighted by Gasteiger charge is 2.41. The highest BCUT2D eigenvalue weighted by molar-refractivity contribution is 6.06. The molecule has 0 amide bonds. The Morgan fingerprint density at radius 1 is 0.548 bits per heavy atom. The van der Waals surface area contributed by atoms with Gasteiger partial charge in [-0.1, -0.05) is 154 Å². The lowest BCUT2D eigenvalue weighted by Gasteiger charge is -2.26. The van der Waals surface area contributed by atoms with Crippen LogP contribution in [0.1, 0.15) is 187 Å². The summed E-state index contributed by atoms with van der Waals surface area (Å²) in [5.74, 6) is -1.81. The van der Waals surface area contributed by atoms with Crippen molar-refractivity contribution in [2.75, 3.05) is 13.2 Å². The monoisotopic (exact) mass is 595 g/mol. The van der Waals surface area contributed by atoms with Crippen molar-refractivity contribution in [3.8, 4) is 0 Å². The zero-order chi connectivity index (χ0) is 31.2. The van der Waals surface area contributed by atoms with E-state index in [0.29, 0.717) is 12.8 Å². The quantitative estimate of drug-likeness (QED) is 0.0399. The van der Waals surface area contributed by atoms with Gasteiger partial charge in [-0.2, -0.15) is 0 Å². The molecule has 0 aromatic carbocycles. The van der Waals surface area contributed by atoms with Crippen molar-refractivity contribution in [1.82, 2.24) is 0 Å². The van der Waals surface area contributed by atoms with E-state index in [1.54, 1.807) is 0 Å². The SMILES string of the molecule is CCCCCCCC/C=C\CCCCCCC(C(=O)CCCCCCCCCCCCCCC)C(=O)C(O)(CO)CO. The Hall–Kier alpha value is -1.04. The number of unbranched alkanes of at least 4 members (excludes halogenated alkanes) is 22. The third kappa shape index (κ3) is 22.5. The fourth-order valence-corrected chi connectivity index (χ4v) is 5.70. The average molecular weight is 595 g/mol. The molecule has 1 atom stereocenters. The average Bonchev–Trinajstić information content (AvgIpc) is 3.00. The molecule has 5 nitrogen and oxygen atoms in total. The van der Waals surface area contributed by atoms with Crippen LogP contribution < -0.4 is 0 Å². The molecule has 0 aromatic rings. The predicted molar refractivity (Wildman–Crippen MR) is 178 cm³/mol. The summed E-state index contributed by atoms with van der Waals surface area (Å²) in [6, 6.07) is 0. The molecule has 0 fully saturated rings. The second-order valence-corrected chi connectivity index (χ2v) is 12.7. The first-order valence-corrected chi connectivity index (χ1v) is 18.1. The van der Waals surface area contributed by atoms with Gasteiger partial charge in [0.05, 0.1) is 19.1 Å². The fraction of sp³-hybridized carbons (Fsp3) is 0.892. The lowest BCUT2D eigenvalue weighted by atomic mass is 9.82. The molecule has 0 aliphatic heterocycles. The van der Waals surface area contributed by atoms with Crippen LogP contribution in [-0.2, 0) is 9.59 Å². The molecule has 0 saturated heterocycles. The Kier molecular flexibility index (Phi) is 29.3. The molecule has 42 heavy (non-hydrogen) atoms. The van der Waals surface area contributed by atoms with E-state index in [1.807, 2.05) is 0 Å². The molecule has 3 N–H and O–H groups in total. The molecule has 248 valence electrons. The van der Waals surface area contributed by atoms with Gasteiger partial charge in [0.15, 0.2) is 11.4 Å². The molecular weight excluding hydrogens is 524 g/mol. The van der Waals surface area contributed by atoms with Crippen LogP contribution in [0.15, 0.2) is 12.2 Å². The van der Waals surface area contributed by atoms with E-state index in [2.05, 4.69) is 26.0 Å². The third-order valence-electron chi connectivity index (χ3n) is 8.72. The van der Waals surface area contributed by atoms with Crippen LogP contribution in [0.4, 0.5) is 0 Å². The molecule has 0 radical (unpaired) electrons. The number of Topliss-reactive ketones (excluding diaryl/α,β-unsaturated/α-hetero) is 2. The van der Waals surface area contributed by atoms with E-state index in [9.17, 15) is 24.9 Å². The zero-order valence-corrected chi connectivity index (χ0v) is 27.9. The van der Waals surface area contributed by atoms with Crippen molar-refractivity contribution in [3.63, 3.8) is 0 Å². The number of aliphatic hydroxyl groups is 3. The summed E-state index contributed by atoms with van der Waals surface area (Å²) < 4.78 is 0. The van der Waals surface area contributed by atoms with Gasteiger partial charge in [0.2, 0.25) is 0 Å². The minimum absolute atomic E-state index is 0.152. The number of hydrogen-bond acceptors (Lipinski definition) is 5. The summed E-state index contributed by atoms with van der Waals surface area (Å²) >= 11 is 0. The molecule has 0 bridgehead atoms. The zero-order valence-electron chi connectivity index (χ0n) is 27.9. The first kappa shape index (κ1) is 41.0.